The van der Waals surface area contributed by atoms with E-state index in [1.165, 1.54) is 0 Å². The quantitative estimate of drug-likeness (QED) is 0.620. The van der Waals surface area contributed by atoms with Crippen LogP contribution in [0.3, 0.4) is 0 Å². The summed E-state index contributed by atoms with van der Waals surface area (Å²) in [7, 11) is 1.60. The predicted molar refractivity (Wildman–Crippen MR) is 117 cm³/mol. The van der Waals surface area contributed by atoms with Crippen LogP contribution in [-0.4, -0.2) is 28.2 Å². The highest BCUT2D eigenvalue weighted by molar-refractivity contribution is 5.70. The van der Waals surface area contributed by atoms with Gasteiger partial charge in [0, 0.05) is 23.5 Å². The summed E-state index contributed by atoms with van der Waals surface area (Å²) in [5.74, 6) is 0.180. The van der Waals surface area contributed by atoms with Crippen molar-refractivity contribution in [1.82, 2.24) is 9.97 Å². The van der Waals surface area contributed by atoms with E-state index in [1.54, 1.807) is 20.2 Å². The van der Waals surface area contributed by atoms with Crippen molar-refractivity contribution in [2.24, 2.45) is 5.92 Å². The van der Waals surface area contributed by atoms with Crippen molar-refractivity contribution in [2.45, 2.75) is 39.2 Å². The van der Waals surface area contributed by atoms with Crippen LogP contribution in [-0.2, 0) is 17.6 Å². The van der Waals surface area contributed by atoms with E-state index < -0.39 is 11.9 Å². The molecule has 2 unspecified atom stereocenters. The molecule has 0 radical (unpaired) electrons. The molecule has 1 aromatic carbocycles. The number of carboxylic acids is 1. The Morgan fingerprint density at radius 3 is 2.84 bits per heavy atom. The SMILES string of the molecule is COc1cc(-c2ccc(C3CCc4ccc(CC(C)C(=O)O)cc4O3)nc2C)ccn1. The largest absolute Gasteiger partial charge is 0.484 e. The van der Waals surface area contributed by atoms with Crippen LogP contribution in [0, 0.1) is 12.8 Å². The minimum Gasteiger partial charge on any atom is -0.484 e. The van der Waals surface area contributed by atoms with Crippen LogP contribution in [0.1, 0.15) is 42.0 Å². The smallest absolute Gasteiger partial charge is 0.306 e. The minimum absolute atomic E-state index is 0.126. The maximum Gasteiger partial charge on any atom is 0.306 e. The van der Waals surface area contributed by atoms with Crippen molar-refractivity contribution in [3.63, 3.8) is 0 Å². The maximum absolute atomic E-state index is 11.2. The summed E-state index contributed by atoms with van der Waals surface area (Å²) in [6.45, 7) is 3.71. The van der Waals surface area contributed by atoms with Crippen LogP contribution in [0.5, 0.6) is 11.6 Å². The summed E-state index contributed by atoms with van der Waals surface area (Å²) in [4.78, 5) is 20.2. The second-order valence-corrected chi connectivity index (χ2v) is 7.99. The molecule has 3 aromatic rings. The molecule has 1 aliphatic heterocycles. The number of carboxylic acid groups (broad SMARTS) is 1. The van der Waals surface area contributed by atoms with Crippen molar-refractivity contribution < 1.29 is 19.4 Å². The van der Waals surface area contributed by atoms with E-state index in [-0.39, 0.29) is 6.10 Å². The van der Waals surface area contributed by atoms with E-state index >= 15 is 0 Å². The third kappa shape index (κ3) is 4.53. The molecular weight excluding hydrogens is 392 g/mol. The number of ether oxygens (including phenoxy) is 2. The van der Waals surface area contributed by atoms with Crippen LogP contribution >= 0.6 is 0 Å². The van der Waals surface area contributed by atoms with E-state index in [0.29, 0.717) is 12.3 Å². The van der Waals surface area contributed by atoms with Crippen molar-refractivity contribution in [3.05, 3.63) is 71.2 Å². The maximum atomic E-state index is 11.2. The Balaban J connectivity index is 1.55. The highest BCUT2D eigenvalue weighted by Gasteiger charge is 2.24. The lowest BCUT2D eigenvalue weighted by Crippen LogP contribution is -2.17. The van der Waals surface area contributed by atoms with E-state index in [2.05, 4.69) is 11.1 Å². The number of hydrogen-bond donors (Lipinski definition) is 1. The van der Waals surface area contributed by atoms with Gasteiger partial charge in [0.1, 0.15) is 11.9 Å². The van der Waals surface area contributed by atoms with Crippen molar-refractivity contribution in [2.75, 3.05) is 7.11 Å². The molecule has 6 heteroatoms. The zero-order valence-electron chi connectivity index (χ0n) is 18.0. The van der Waals surface area contributed by atoms with Crippen molar-refractivity contribution >= 4 is 5.97 Å². The molecule has 1 N–H and O–H groups in total. The number of nitrogens with zero attached hydrogens (tertiary/aromatic N) is 2. The number of rotatable bonds is 6. The second-order valence-electron chi connectivity index (χ2n) is 7.99. The van der Waals surface area contributed by atoms with Gasteiger partial charge in [-0.1, -0.05) is 25.1 Å². The Labute approximate surface area is 181 Å². The van der Waals surface area contributed by atoms with Gasteiger partial charge in [0.25, 0.3) is 0 Å². The highest BCUT2D eigenvalue weighted by Crippen LogP contribution is 2.36. The normalized spacial score (nSPS) is 16.2. The highest BCUT2D eigenvalue weighted by atomic mass is 16.5. The third-order valence-corrected chi connectivity index (χ3v) is 5.73. The predicted octanol–water partition coefficient (Wildman–Crippen LogP) is 4.79. The number of fused-ring (bicyclic) bond motifs is 1. The fourth-order valence-electron chi connectivity index (χ4n) is 3.94. The third-order valence-electron chi connectivity index (χ3n) is 5.73. The van der Waals surface area contributed by atoms with E-state index in [0.717, 1.165) is 52.2 Å². The van der Waals surface area contributed by atoms with Gasteiger partial charge in [0.2, 0.25) is 5.88 Å². The molecule has 0 saturated heterocycles. The average molecular weight is 418 g/mol. The number of methoxy groups -OCH3 is 1. The molecule has 3 heterocycles. The van der Waals surface area contributed by atoms with Gasteiger partial charge in [-0.15, -0.1) is 0 Å². The molecule has 4 rings (SSSR count). The van der Waals surface area contributed by atoms with Crippen LogP contribution in [0.2, 0.25) is 0 Å². The Morgan fingerprint density at radius 1 is 1.26 bits per heavy atom. The Hall–Kier alpha value is -3.41. The first-order valence-corrected chi connectivity index (χ1v) is 10.4. The molecule has 0 saturated carbocycles. The first-order valence-electron chi connectivity index (χ1n) is 10.4. The molecule has 6 nitrogen and oxygen atoms in total. The first kappa shape index (κ1) is 20.8. The van der Waals surface area contributed by atoms with Gasteiger partial charge in [-0.25, -0.2) is 4.98 Å². The Kier molecular flexibility index (Phi) is 5.89. The molecule has 0 spiro atoms. The number of aliphatic carboxylic acids is 1. The van der Waals surface area contributed by atoms with Crippen LogP contribution in [0.15, 0.2) is 48.7 Å². The molecule has 0 fully saturated rings. The fourth-order valence-corrected chi connectivity index (χ4v) is 3.94. The summed E-state index contributed by atoms with van der Waals surface area (Å²) in [6.07, 6.45) is 3.84. The summed E-state index contributed by atoms with van der Waals surface area (Å²) in [5, 5.41) is 9.18. The lowest BCUT2D eigenvalue weighted by Gasteiger charge is -2.27. The lowest BCUT2D eigenvalue weighted by atomic mass is 9.95. The summed E-state index contributed by atoms with van der Waals surface area (Å²) >= 11 is 0. The summed E-state index contributed by atoms with van der Waals surface area (Å²) < 4.78 is 11.5. The van der Waals surface area contributed by atoms with Crippen molar-refractivity contribution in [3.8, 4) is 22.8 Å². The summed E-state index contributed by atoms with van der Waals surface area (Å²) in [5.41, 5.74) is 5.99. The second kappa shape index (κ2) is 8.76. The number of hydrogen-bond acceptors (Lipinski definition) is 5. The van der Waals surface area contributed by atoms with E-state index in [1.807, 2.05) is 43.3 Å². The van der Waals surface area contributed by atoms with Crippen LogP contribution in [0.4, 0.5) is 0 Å². The lowest BCUT2D eigenvalue weighted by molar-refractivity contribution is -0.141. The van der Waals surface area contributed by atoms with Crippen molar-refractivity contribution in [1.29, 1.82) is 0 Å². The fraction of sp³-hybridized carbons (Fsp3) is 0.320. The monoisotopic (exact) mass is 418 g/mol. The Morgan fingerprint density at radius 2 is 2.10 bits per heavy atom. The molecule has 2 aromatic heterocycles. The van der Waals surface area contributed by atoms with E-state index in [9.17, 15) is 9.90 Å². The molecule has 0 amide bonds. The molecular formula is C25H26N2O4. The van der Waals surface area contributed by atoms with Gasteiger partial charge in [-0.3, -0.25) is 9.78 Å². The first-order chi connectivity index (χ1) is 14.9. The van der Waals surface area contributed by atoms with Gasteiger partial charge in [-0.2, -0.15) is 0 Å². The standard InChI is InChI=1S/C25H26N2O4/c1-15(25(28)29)12-17-4-5-18-6-9-22(31-23(18)13-17)21-8-7-20(16(2)27-21)19-10-11-26-24(14-19)30-3/h4-5,7-8,10-11,13-15,22H,6,9,12H2,1-3H3,(H,28,29). The van der Waals surface area contributed by atoms with Gasteiger partial charge >= 0.3 is 5.97 Å². The molecule has 0 aliphatic carbocycles. The summed E-state index contributed by atoms with van der Waals surface area (Å²) in [6, 6.07) is 14.0. The number of pyridine rings is 2. The zero-order valence-corrected chi connectivity index (χ0v) is 18.0. The van der Waals surface area contributed by atoms with Gasteiger partial charge in [0.05, 0.1) is 18.7 Å². The zero-order chi connectivity index (χ0) is 22.0. The van der Waals surface area contributed by atoms with Gasteiger partial charge in [-0.05, 0) is 61.1 Å². The van der Waals surface area contributed by atoms with E-state index in [4.69, 9.17) is 14.5 Å². The topological polar surface area (TPSA) is 81.5 Å². The van der Waals surface area contributed by atoms with Crippen LogP contribution < -0.4 is 9.47 Å². The number of benzene rings is 1. The van der Waals surface area contributed by atoms with Gasteiger partial charge < -0.3 is 14.6 Å². The molecule has 160 valence electrons. The Bertz CT molecular complexity index is 1110. The van der Waals surface area contributed by atoms with Crippen LogP contribution in [0.25, 0.3) is 11.1 Å². The molecule has 31 heavy (non-hydrogen) atoms. The number of aromatic nitrogens is 2. The minimum atomic E-state index is -0.789. The molecule has 0 bridgehead atoms. The molecule has 2 atom stereocenters. The molecule has 1 aliphatic rings. The van der Waals surface area contributed by atoms with Gasteiger partial charge in [0.15, 0.2) is 0 Å². The average Bonchev–Trinajstić information content (AvgIpc) is 2.78. The number of carbonyl (C=O) groups is 1. The number of aryl methyl sites for hydroxylation is 2.